The van der Waals surface area contributed by atoms with Crippen molar-refractivity contribution in [2.45, 2.75) is 13.0 Å². The number of hydrogen-bond donors (Lipinski definition) is 2. The summed E-state index contributed by atoms with van der Waals surface area (Å²) in [7, 11) is 0. The predicted molar refractivity (Wildman–Crippen MR) is 55.7 cm³/mol. The first kappa shape index (κ1) is 9.75. The Labute approximate surface area is 84.3 Å². The molecule has 0 spiro atoms. The quantitative estimate of drug-likeness (QED) is 0.475. The van der Waals surface area contributed by atoms with Crippen molar-refractivity contribution < 1.29 is 0 Å². The van der Waals surface area contributed by atoms with Gasteiger partial charge in [-0.15, -0.1) is 17.8 Å². The van der Waals surface area contributed by atoms with E-state index in [1.165, 1.54) is 5.56 Å². The molecule has 3 N–H and O–H groups in total. The second-order valence-electron chi connectivity index (χ2n) is 2.37. The zero-order valence-electron chi connectivity index (χ0n) is 6.60. The lowest BCUT2D eigenvalue weighted by Crippen LogP contribution is -2.26. The smallest absolute Gasteiger partial charge is 0.116 e. The van der Waals surface area contributed by atoms with Gasteiger partial charge in [-0.05, 0) is 34.5 Å². The van der Waals surface area contributed by atoms with Gasteiger partial charge < -0.3 is 0 Å². The summed E-state index contributed by atoms with van der Waals surface area (Å²) in [6.07, 6.45) is 5.27. The van der Waals surface area contributed by atoms with E-state index in [0.717, 1.165) is 8.66 Å². The molecule has 0 aliphatic carbocycles. The molecule has 0 aliphatic rings. The molecule has 1 unspecified atom stereocenters. The highest BCUT2D eigenvalue weighted by atomic mass is 79.9. The number of rotatable bonds is 2. The van der Waals surface area contributed by atoms with E-state index >= 15 is 0 Å². The summed E-state index contributed by atoms with van der Waals surface area (Å²) in [5, 5.41) is 0. The van der Waals surface area contributed by atoms with Crippen LogP contribution in [0.5, 0.6) is 0 Å². The first-order valence-electron chi connectivity index (χ1n) is 3.37. The number of nitrogens with two attached hydrogens (primary N) is 1. The lowest BCUT2D eigenvalue weighted by Gasteiger charge is -2.04. The van der Waals surface area contributed by atoms with Gasteiger partial charge in [0.2, 0.25) is 0 Å². The number of hydrogen-bond acceptors (Lipinski definition) is 3. The van der Waals surface area contributed by atoms with Crippen molar-refractivity contribution in [2.24, 2.45) is 5.84 Å². The molecule has 0 amide bonds. The van der Waals surface area contributed by atoms with Gasteiger partial charge in [0.15, 0.2) is 0 Å². The molecule has 1 heterocycles. The van der Waals surface area contributed by atoms with Crippen LogP contribution in [-0.4, -0.2) is 0 Å². The lowest BCUT2D eigenvalue weighted by molar-refractivity contribution is 0.683. The maximum atomic E-state index is 5.27. The Hall–Kier alpha value is -0.340. The number of aryl methyl sites for hydroxylation is 1. The van der Waals surface area contributed by atoms with Crippen molar-refractivity contribution in [1.29, 1.82) is 0 Å². The first-order chi connectivity index (χ1) is 5.69. The zero-order valence-corrected chi connectivity index (χ0v) is 9.00. The van der Waals surface area contributed by atoms with Gasteiger partial charge in [-0.1, -0.05) is 5.92 Å². The van der Waals surface area contributed by atoms with Crippen LogP contribution in [-0.2, 0) is 0 Å². The second-order valence-corrected chi connectivity index (χ2v) is 4.77. The topological polar surface area (TPSA) is 38.0 Å². The van der Waals surface area contributed by atoms with Gasteiger partial charge in [-0.3, -0.25) is 5.84 Å². The highest BCUT2D eigenvalue weighted by Crippen LogP contribution is 2.30. The van der Waals surface area contributed by atoms with Crippen molar-refractivity contribution in [3.8, 4) is 12.3 Å². The molecule has 1 aromatic rings. The number of nitrogens with one attached hydrogen (secondary N) is 1. The molecule has 4 heteroatoms. The summed E-state index contributed by atoms with van der Waals surface area (Å²) in [5.41, 5.74) is 3.75. The van der Waals surface area contributed by atoms with Crippen LogP contribution in [0.25, 0.3) is 0 Å². The van der Waals surface area contributed by atoms with Crippen molar-refractivity contribution in [3.63, 3.8) is 0 Å². The van der Waals surface area contributed by atoms with Crippen LogP contribution in [0.15, 0.2) is 9.85 Å². The largest absolute Gasteiger partial charge is 0.270 e. The minimum atomic E-state index is -0.181. The van der Waals surface area contributed by atoms with E-state index in [2.05, 4.69) is 27.3 Å². The number of hydrazine groups is 1. The molecular formula is C8H9BrN2S. The Kier molecular flexibility index (Phi) is 3.29. The third kappa shape index (κ3) is 1.87. The van der Waals surface area contributed by atoms with Crippen molar-refractivity contribution >= 4 is 27.3 Å². The summed E-state index contributed by atoms with van der Waals surface area (Å²) < 4.78 is 1.10. The van der Waals surface area contributed by atoms with Crippen molar-refractivity contribution in [1.82, 2.24) is 5.43 Å². The van der Waals surface area contributed by atoms with E-state index < -0.39 is 0 Å². The van der Waals surface area contributed by atoms with E-state index in [-0.39, 0.29) is 6.04 Å². The Morgan fingerprint density at radius 2 is 2.50 bits per heavy atom. The summed E-state index contributed by atoms with van der Waals surface area (Å²) in [5.74, 6) is 7.84. The maximum absolute atomic E-state index is 5.27. The second kappa shape index (κ2) is 4.06. The van der Waals surface area contributed by atoms with Gasteiger partial charge in [0.05, 0.1) is 3.79 Å². The molecule has 0 bridgehead atoms. The molecule has 64 valence electrons. The van der Waals surface area contributed by atoms with E-state index in [1.54, 1.807) is 11.3 Å². The van der Waals surface area contributed by atoms with Crippen LogP contribution in [0, 0.1) is 19.3 Å². The molecule has 2 nitrogen and oxygen atoms in total. The predicted octanol–water partition coefficient (Wildman–Crippen LogP) is 1.96. The SMILES string of the molecule is C#CC(NN)c1cc(C)c(Br)s1. The Morgan fingerprint density at radius 1 is 1.83 bits per heavy atom. The van der Waals surface area contributed by atoms with Crippen LogP contribution in [0.1, 0.15) is 16.5 Å². The van der Waals surface area contributed by atoms with Crippen LogP contribution in [0.4, 0.5) is 0 Å². The summed E-state index contributed by atoms with van der Waals surface area (Å²) in [6.45, 7) is 2.02. The Balaban J connectivity index is 2.96. The van der Waals surface area contributed by atoms with Crippen LogP contribution in [0.2, 0.25) is 0 Å². The van der Waals surface area contributed by atoms with Crippen LogP contribution >= 0.6 is 27.3 Å². The Morgan fingerprint density at radius 3 is 2.83 bits per heavy atom. The summed E-state index contributed by atoms with van der Waals surface area (Å²) >= 11 is 5.03. The van der Waals surface area contributed by atoms with Gasteiger partial charge in [0.25, 0.3) is 0 Å². The minimum absolute atomic E-state index is 0.181. The molecule has 0 aliphatic heterocycles. The van der Waals surface area contributed by atoms with Gasteiger partial charge >= 0.3 is 0 Å². The maximum Gasteiger partial charge on any atom is 0.116 e. The third-order valence-electron chi connectivity index (χ3n) is 1.49. The van der Waals surface area contributed by atoms with E-state index in [4.69, 9.17) is 12.3 Å². The molecule has 0 fully saturated rings. The molecule has 0 saturated carbocycles. The molecule has 0 radical (unpaired) electrons. The monoisotopic (exact) mass is 244 g/mol. The number of halogens is 1. The average molecular weight is 245 g/mol. The fraction of sp³-hybridized carbons (Fsp3) is 0.250. The zero-order chi connectivity index (χ0) is 9.14. The first-order valence-corrected chi connectivity index (χ1v) is 4.98. The third-order valence-corrected chi connectivity index (χ3v) is 3.70. The molecule has 0 saturated heterocycles. The summed E-state index contributed by atoms with van der Waals surface area (Å²) in [6, 6.07) is 1.85. The van der Waals surface area contributed by atoms with Crippen LogP contribution < -0.4 is 11.3 Å². The van der Waals surface area contributed by atoms with Crippen LogP contribution in [0.3, 0.4) is 0 Å². The van der Waals surface area contributed by atoms with Crippen molar-refractivity contribution in [2.75, 3.05) is 0 Å². The van der Waals surface area contributed by atoms with Gasteiger partial charge in [-0.2, -0.15) is 0 Å². The normalized spacial score (nSPS) is 12.5. The molecule has 1 aromatic heterocycles. The molecule has 1 atom stereocenters. The van der Waals surface area contributed by atoms with E-state index in [1.807, 2.05) is 13.0 Å². The Bertz CT molecular complexity index is 294. The molecule has 0 aromatic carbocycles. The van der Waals surface area contributed by atoms with Gasteiger partial charge in [0, 0.05) is 4.88 Å². The number of thiophene rings is 1. The van der Waals surface area contributed by atoms with Gasteiger partial charge in [-0.25, -0.2) is 5.43 Å². The number of terminal acetylenes is 1. The molecular weight excluding hydrogens is 236 g/mol. The highest BCUT2D eigenvalue weighted by molar-refractivity contribution is 9.11. The highest BCUT2D eigenvalue weighted by Gasteiger charge is 2.10. The van der Waals surface area contributed by atoms with E-state index in [9.17, 15) is 0 Å². The molecule has 12 heavy (non-hydrogen) atoms. The van der Waals surface area contributed by atoms with E-state index in [0.29, 0.717) is 0 Å². The summed E-state index contributed by atoms with van der Waals surface area (Å²) in [4.78, 5) is 1.06. The average Bonchev–Trinajstić information content (AvgIpc) is 2.35. The lowest BCUT2D eigenvalue weighted by atomic mass is 10.2. The minimum Gasteiger partial charge on any atom is -0.270 e. The molecule has 1 rings (SSSR count). The fourth-order valence-corrected chi connectivity index (χ4v) is 2.43. The van der Waals surface area contributed by atoms with Crippen molar-refractivity contribution in [3.05, 3.63) is 20.3 Å². The fourth-order valence-electron chi connectivity index (χ4n) is 0.838. The van der Waals surface area contributed by atoms with Gasteiger partial charge in [0.1, 0.15) is 6.04 Å². The standard InChI is InChI=1S/C8H9BrN2S/c1-3-6(11-10)7-4-5(2)8(9)12-7/h1,4,6,11H,10H2,2H3.